The van der Waals surface area contributed by atoms with Crippen molar-refractivity contribution in [1.82, 2.24) is 10.7 Å². The van der Waals surface area contributed by atoms with Gasteiger partial charge in [-0.3, -0.25) is 10.1 Å². The molecule has 1 heterocycles. The van der Waals surface area contributed by atoms with E-state index in [0.29, 0.717) is 5.75 Å². The van der Waals surface area contributed by atoms with Crippen molar-refractivity contribution in [2.75, 3.05) is 13.7 Å². The van der Waals surface area contributed by atoms with Gasteiger partial charge in [0, 0.05) is 0 Å². The number of aliphatic hydroxyl groups is 5. The van der Waals surface area contributed by atoms with Gasteiger partial charge < -0.3 is 30.3 Å². The van der Waals surface area contributed by atoms with Crippen LogP contribution in [0.25, 0.3) is 6.08 Å². The third kappa shape index (κ3) is 5.58. The first-order valence-corrected chi connectivity index (χ1v) is 8.23. The molecule has 1 amide bonds. The molecule has 1 aliphatic heterocycles. The van der Waals surface area contributed by atoms with Crippen LogP contribution in [0.15, 0.2) is 40.1 Å². The molecule has 1 aromatic carbocycles. The maximum Gasteiger partial charge on any atom is 0.276 e. The van der Waals surface area contributed by atoms with Gasteiger partial charge in [-0.1, -0.05) is 12.1 Å². The van der Waals surface area contributed by atoms with Gasteiger partial charge >= 0.3 is 0 Å². The van der Waals surface area contributed by atoms with Crippen molar-refractivity contribution in [3.05, 3.63) is 35.5 Å². The molecular formula is C17H22N4O7. The summed E-state index contributed by atoms with van der Waals surface area (Å²) in [4.78, 5) is 15.9. The topological polar surface area (TPSA) is 176 Å². The summed E-state index contributed by atoms with van der Waals surface area (Å²) in [7, 11) is 1.55. The number of hydrazone groups is 1. The predicted octanol–water partition coefficient (Wildman–Crippen LogP) is -2.47. The highest BCUT2D eigenvalue weighted by Gasteiger charge is 2.29. The van der Waals surface area contributed by atoms with Crippen LogP contribution in [0, 0.1) is 0 Å². The van der Waals surface area contributed by atoms with E-state index in [-0.39, 0.29) is 11.7 Å². The number of nitrogens with one attached hydrogen (secondary N) is 2. The Morgan fingerprint density at radius 2 is 1.89 bits per heavy atom. The molecule has 7 N–H and O–H groups in total. The van der Waals surface area contributed by atoms with E-state index in [0.717, 1.165) is 11.8 Å². The standard InChI is InChI=1S/C17H22N4O7/c1-28-10-4-2-9(3-5-10)6-11-16(27)20-17(19-11)21-18-7-12(23)14(25)15(26)13(24)8-22/h2-7,12-15,22-26H,8H2,1H3,(H2,19,20,21,27)/b11-6-,18-7+/t12-,13-,14-,15-/m1/s1. The van der Waals surface area contributed by atoms with Crippen LogP contribution in [0.1, 0.15) is 5.56 Å². The molecule has 28 heavy (non-hydrogen) atoms. The lowest BCUT2D eigenvalue weighted by atomic mass is 10.0. The summed E-state index contributed by atoms with van der Waals surface area (Å²) in [5, 5.41) is 52.9. The van der Waals surface area contributed by atoms with E-state index in [1.807, 2.05) is 0 Å². The number of methoxy groups -OCH3 is 1. The van der Waals surface area contributed by atoms with Crippen molar-refractivity contribution in [3.8, 4) is 5.75 Å². The molecule has 0 fully saturated rings. The number of benzene rings is 1. The van der Waals surface area contributed by atoms with Gasteiger partial charge in [0.2, 0.25) is 5.96 Å². The number of hydrogen-bond acceptors (Lipinski definition) is 10. The van der Waals surface area contributed by atoms with Crippen LogP contribution in [0.2, 0.25) is 0 Å². The lowest BCUT2D eigenvalue weighted by Gasteiger charge is -2.23. The van der Waals surface area contributed by atoms with Gasteiger partial charge in [-0.25, -0.2) is 10.4 Å². The Labute approximate surface area is 160 Å². The van der Waals surface area contributed by atoms with E-state index in [1.54, 1.807) is 37.5 Å². The van der Waals surface area contributed by atoms with E-state index >= 15 is 0 Å². The molecule has 152 valence electrons. The highest BCUT2D eigenvalue weighted by atomic mass is 16.5. The Bertz CT molecular complexity index is 763. The summed E-state index contributed by atoms with van der Waals surface area (Å²) in [5.41, 5.74) is 3.24. The number of amides is 1. The van der Waals surface area contributed by atoms with Gasteiger partial charge in [-0.2, -0.15) is 5.10 Å². The molecule has 4 atom stereocenters. The second-order valence-electron chi connectivity index (χ2n) is 5.83. The normalized spacial score (nSPS) is 19.9. The maximum atomic E-state index is 11.9. The van der Waals surface area contributed by atoms with Crippen molar-refractivity contribution in [3.63, 3.8) is 0 Å². The molecule has 1 aliphatic rings. The van der Waals surface area contributed by atoms with Crippen LogP contribution in [0.3, 0.4) is 0 Å². The van der Waals surface area contributed by atoms with Gasteiger partial charge in [-0.05, 0) is 23.8 Å². The van der Waals surface area contributed by atoms with Crippen LogP contribution in [0.5, 0.6) is 5.75 Å². The van der Waals surface area contributed by atoms with Crippen LogP contribution in [-0.4, -0.2) is 81.7 Å². The third-order valence-corrected chi connectivity index (χ3v) is 3.79. The van der Waals surface area contributed by atoms with E-state index < -0.39 is 36.9 Å². The number of nitrogens with zero attached hydrogens (tertiary/aromatic N) is 2. The fourth-order valence-electron chi connectivity index (χ4n) is 2.18. The molecular weight excluding hydrogens is 372 g/mol. The van der Waals surface area contributed by atoms with E-state index in [9.17, 15) is 25.2 Å². The van der Waals surface area contributed by atoms with Crippen LogP contribution >= 0.6 is 0 Å². The number of guanidine groups is 1. The Morgan fingerprint density at radius 1 is 1.21 bits per heavy atom. The average molecular weight is 394 g/mol. The number of aliphatic imine (C=N–C) groups is 1. The number of ether oxygens (including phenoxy) is 1. The monoisotopic (exact) mass is 394 g/mol. The molecule has 1 aromatic rings. The number of aliphatic hydroxyl groups excluding tert-OH is 5. The first-order valence-electron chi connectivity index (χ1n) is 8.23. The fraction of sp³-hybridized carbons (Fsp3) is 0.353. The van der Waals surface area contributed by atoms with E-state index in [4.69, 9.17) is 9.84 Å². The smallest absolute Gasteiger partial charge is 0.276 e. The number of carbonyl (C=O) groups is 1. The second kappa shape index (κ2) is 9.92. The van der Waals surface area contributed by atoms with E-state index in [2.05, 4.69) is 20.8 Å². The minimum atomic E-state index is -1.78. The molecule has 0 saturated carbocycles. The summed E-state index contributed by atoms with van der Waals surface area (Å²) < 4.78 is 5.06. The molecule has 0 aliphatic carbocycles. The summed E-state index contributed by atoms with van der Waals surface area (Å²) in [6.45, 7) is -0.785. The van der Waals surface area contributed by atoms with Crippen molar-refractivity contribution >= 4 is 24.2 Å². The third-order valence-electron chi connectivity index (χ3n) is 3.79. The zero-order chi connectivity index (χ0) is 20.7. The molecule has 0 spiro atoms. The minimum absolute atomic E-state index is 0.00126. The van der Waals surface area contributed by atoms with E-state index in [1.165, 1.54) is 0 Å². The van der Waals surface area contributed by atoms with Crippen molar-refractivity contribution in [2.24, 2.45) is 10.1 Å². The fourth-order valence-corrected chi connectivity index (χ4v) is 2.18. The molecule has 2 rings (SSSR count). The molecule has 0 bridgehead atoms. The quantitative estimate of drug-likeness (QED) is 0.144. The molecule has 11 nitrogen and oxygen atoms in total. The van der Waals surface area contributed by atoms with Crippen LogP contribution in [0.4, 0.5) is 0 Å². The first-order chi connectivity index (χ1) is 13.3. The first kappa shape index (κ1) is 21.5. The summed E-state index contributed by atoms with van der Waals surface area (Å²) >= 11 is 0. The van der Waals surface area contributed by atoms with Gasteiger partial charge in [-0.15, -0.1) is 0 Å². The predicted molar refractivity (Wildman–Crippen MR) is 99.3 cm³/mol. The Hall–Kier alpha value is -2.83. The SMILES string of the molecule is COc1ccc(/C=C2\N=C(N/N=C/[C@@H](O)[C@@H](O)[C@H](O)[C@H](O)CO)NC2=O)cc1. The lowest BCUT2D eigenvalue weighted by molar-refractivity contribution is -0.115. The van der Waals surface area contributed by atoms with Gasteiger partial charge in [0.15, 0.2) is 0 Å². The Kier molecular flexibility index (Phi) is 7.61. The highest BCUT2D eigenvalue weighted by molar-refractivity contribution is 6.13. The zero-order valence-corrected chi connectivity index (χ0v) is 14.9. The van der Waals surface area contributed by atoms with Gasteiger partial charge in [0.25, 0.3) is 5.91 Å². The number of rotatable bonds is 8. The summed E-state index contributed by atoms with van der Waals surface area (Å²) in [6.07, 6.45) is -4.41. The zero-order valence-electron chi connectivity index (χ0n) is 14.9. The molecule has 0 aromatic heterocycles. The Balaban J connectivity index is 1.97. The Morgan fingerprint density at radius 3 is 2.50 bits per heavy atom. The number of hydrogen-bond donors (Lipinski definition) is 7. The lowest BCUT2D eigenvalue weighted by Crippen LogP contribution is -2.46. The minimum Gasteiger partial charge on any atom is -0.497 e. The largest absolute Gasteiger partial charge is 0.497 e. The highest BCUT2D eigenvalue weighted by Crippen LogP contribution is 2.15. The van der Waals surface area contributed by atoms with Crippen molar-refractivity contribution in [2.45, 2.75) is 24.4 Å². The summed E-state index contributed by atoms with van der Waals surface area (Å²) in [6, 6.07) is 6.98. The van der Waals surface area contributed by atoms with Gasteiger partial charge in [0.05, 0.1) is 19.9 Å². The summed E-state index contributed by atoms with van der Waals surface area (Å²) in [5.74, 6) is 0.213. The van der Waals surface area contributed by atoms with Crippen molar-refractivity contribution in [1.29, 1.82) is 0 Å². The second-order valence-corrected chi connectivity index (χ2v) is 5.83. The maximum absolute atomic E-state index is 11.9. The molecule has 0 saturated heterocycles. The van der Waals surface area contributed by atoms with Crippen LogP contribution in [-0.2, 0) is 4.79 Å². The van der Waals surface area contributed by atoms with Gasteiger partial charge in [0.1, 0.15) is 35.9 Å². The molecule has 11 heteroatoms. The van der Waals surface area contributed by atoms with Crippen molar-refractivity contribution < 1.29 is 35.1 Å². The van der Waals surface area contributed by atoms with Crippen LogP contribution < -0.4 is 15.5 Å². The molecule has 0 radical (unpaired) electrons. The molecule has 0 unspecified atom stereocenters. The number of carbonyl (C=O) groups excluding carboxylic acids is 1. The average Bonchev–Trinajstić information content (AvgIpc) is 3.05.